The lowest BCUT2D eigenvalue weighted by molar-refractivity contribution is -0.157. The molecule has 0 aromatic rings. The highest BCUT2D eigenvalue weighted by molar-refractivity contribution is 5.92. The van der Waals surface area contributed by atoms with Gasteiger partial charge in [-0.15, -0.1) is 0 Å². The maximum Gasteiger partial charge on any atom is 0.314 e. The minimum atomic E-state index is -0.398. The minimum absolute atomic E-state index is 0.0648. The van der Waals surface area contributed by atoms with Crippen molar-refractivity contribution in [2.24, 2.45) is 0 Å². The summed E-state index contributed by atoms with van der Waals surface area (Å²) in [7, 11) is 0. The van der Waals surface area contributed by atoms with Gasteiger partial charge in [0.2, 0.25) is 0 Å². The maximum absolute atomic E-state index is 10.0. The van der Waals surface area contributed by atoms with Crippen LogP contribution < -0.4 is 0 Å². The van der Waals surface area contributed by atoms with Crippen molar-refractivity contribution in [2.75, 3.05) is 6.61 Å². The fourth-order valence-corrected chi connectivity index (χ4v) is 0.619. The van der Waals surface area contributed by atoms with Crippen LogP contribution >= 0.6 is 0 Å². The molecule has 66 valence electrons. The average molecular weight is 172 g/mol. The number of hydrogen-bond donors (Lipinski definition) is 0. The van der Waals surface area contributed by atoms with E-state index in [4.69, 9.17) is 0 Å². The summed E-state index contributed by atoms with van der Waals surface area (Å²) in [6.07, 6.45) is 1.15. The van der Waals surface area contributed by atoms with Crippen molar-refractivity contribution in [3.63, 3.8) is 0 Å². The molecule has 0 unspecified atom stereocenters. The zero-order valence-corrected chi connectivity index (χ0v) is 6.37. The van der Waals surface area contributed by atoms with Gasteiger partial charge in [0.15, 0.2) is 0 Å². The Kier molecular flexibility index (Phi) is 2.79. The fourth-order valence-electron chi connectivity index (χ4n) is 0.619. The molecule has 0 aromatic heterocycles. The Morgan fingerprint density at radius 1 is 0.833 bits per heavy atom. The molecule has 2 saturated heterocycles. The molecule has 0 aromatic carbocycles. The van der Waals surface area contributed by atoms with E-state index in [2.05, 4.69) is 9.47 Å². The molecular weight excluding hydrogens is 164 g/mol. The van der Waals surface area contributed by atoms with Crippen LogP contribution in [0.15, 0.2) is 0 Å². The summed E-state index contributed by atoms with van der Waals surface area (Å²) >= 11 is 0. The van der Waals surface area contributed by atoms with E-state index in [1.807, 2.05) is 0 Å². The first kappa shape index (κ1) is 8.70. The molecule has 0 atom stereocenters. The van der Waals surface area contributed by atoms with Gasteiger partial charge in [-0.25, -0.2) is 0 Å². The highest BCUT2D eigenvalue weighted by Crippen LogP contribution is 2.03. The molecule has 2 aliphatic heterocycles. The van der Waals surface area contributed by atoms with Gasteiger partial charge in [0.05, 0.1) is 19.3 Å². The normalized spacial score (nSPS) is 20.2. The first-order chi connectivity index (χ1) is 5.68. The molecule has 0 N–H and O–H groups in total. The topological polar surface area (TPSA) is 69.7 Å². The predicted molar refractivity (Wildman–Crippen MR) is 35.9 cm³/mol. The van der Waals surface area contributed by atoms with Crippen molar-refractivity contribution >= 4 is 17.9 Å². The summed E-state index contributed by atoms with van der Waals surface area (Å²) in [4.78, 5) is 29.7. The third-order valence-electron chi connectivity index (χ3n) is 1.33. The smallest absolute Gasteiger partial charge is 0.314 e. The monoisotopic (exact) mass is 172 g/mol. The van der Waals surface area contributed by atoms with Gasteiger partial charge >= 0.3 is 17.9 Å². The standard InChI is InChI=1S/C4H4O3.C3H4O2/c5-3-1-2-4(6)7-3;4-3-1-2-5-3/h1-2H2;1-2H2. The lowest BCUT2D eigenvalue weighted by Gasteiger charge is -2.09. The van der Waals surface area contributed by atoms with Gasteiger partial charge in [0.25, 0.3) is 0 Å². The molecule has 0 saturated carbocycles. The predicted octanol–water partition coefficient (Wildman–Crippen LogP) is -0.217. The molecule has 2 rings (SSSR count). The Morgan fingerprint density at radius 2 is 1.25 bits per heavy atom. The van der Waals surface area contributed by atoms with E-state index < -0.39 is 11.9 Å². The van der Waals surface area contributed by atoms with Gasteiger partial charge in [-0.1, -0.05) is 0 Å². The van der Waals surface area contributed by atoms with Crippen LogP contribution in [0.25, 0.3) is 0 Å². The van der Waals surface area contributed by atoms with Crippen LogP contribution in [0.3, 0.4) is 0 Å². The van der Waals surface area contributed by atoms with Crippen LogP contribution in [-0.4, -0.2) is 24.5 Å². The van der Waals surface area contributed by atoms with Crippen LogP contribution in [-0.2, 0) is 23.9 Å². The van der Waals surface area contributed by atoms with E-state index in [9.17, 15) is 14.4 Å². The first-order valence-corrected chi connectivity index (χ1v) is 3.57. The number of esters is 3. The molecular formula is C7H8O5. The van der Waals surface area contributed by atoms with Crippen molar-refractivity contribution in [3.8, 4) is 0 Å². The molecule has 2 fully saturated rings. The van der Waals surface area contributed by atoms with Gasteiger partial charge in [-0.05, 0) is 0 Å². The van der Waals surface area contributed by atoms with Crippen LogP contribution in [0.2, 0.25) is 0 Å². The third kappa shape index (κ3) is 2.69. The summed E-state index contributed by atoms with van der Waals surface area (Å²) in [6.45, 7) is 0.638. The first-order valence-electron chi connectivity index (χ1n) is 3.57. The molecule has 2 heterocycles. The van der Waals surface area contributed by atoms with Gasteiger partial charge in [-0.3, -0.25) is 14.4 Å². The fraction of sp³-hybridized carbons (Fsp3) is 0.571. The zero-order chi connectivity index (χ0) is 8.97. The van der Waals surface area contributed by atoms with Gasteiger partial charge < -0.3 is 9.47 Å². The summed E-state index contributed by atoms with van der Waals surface area (Å²) in [5.74, 6) is -0.861. The van der Waals surface area contributed by atoms with Crippen LogP contribution in [0.1, 0.15) is 19.3 Å². The summed E-state index contributed by atoms with van der Waals surface area (Å²) in [5.41, 5.74) is 0. The largest absolute Gasteiger partial charge is 0.465 e. The molecule has 12 heavy (non-hydrogen) atoms. The molecule has 5 heteroatoms. The lowest BCUT2D eigenvalue weighted by Crippen LogP contribution is -2.18. The van der Waals surface area contributed by atoms with E-state index in [0.717, 1.165) is 0 Å². The van der Waals surface area contributed by atoms with Crippen molar-refractivity contribution in [2.45, 2.75) is 19.3 Å². The molecule has 5 nitrogen and oxygen atoms in total. The van der Waals surface area contributed by atoms with E-state index in [-0.39, 0.29) is 18.8 Å². The Labute approximate surface area is 68.6 Å². The van der Waals surface area contributed by atoms with E-state index in [0.29, 0.717) is 13.0 Å². The van der Waals surface area contributed by atoms with Crippen molar-refractivity contribution in [1.29, 1.82) is 0 Å². The molecule has 0 bridgehead atoms. The van der Waals surface area contributed by atoms with Crippen molar-refractivity contribution in [3.05, 3.63) is 0 Å². The van der Waals surface area contributed by atoms with Crippen LogP contribution in [0, 0.1) is 0 Å². The Morgan fingerprint density at radius 3 is 1.33 bits per heavy atom. The van der Waals surface area contributed by atoms with Crippen molar-refractivity contribution in [1.82, 2.24) is 0 Å². The van der Waals surface area contributed by atoms with E-state index in [1.54, 1.807) is 0 Å². The van der Waals surface area contributed by atoms with Gasteiger partial charge in [-0.2, -0.15) is 0 Å². The number of cyclic esters (lactones) is 3. The summed E-state index contributed by atoms with van der Waals surface area (Å²) in [6, 6.07) is 0. The minimum Gasteiger partial charge on any atom is -0.465 e. The Bertz CT molecular complexity index is 200. The highest BCUT2D eigenvalue weighted by Gasteiger charge is 2.19. The van der Waals surface area contributed by atoms with Crippen LogP contribution in [0.4, 0.5) is 0 Å². The van der Waals surface area contributed by atoms with Gasteiger partial charge in [0, 0.05) is 0 Å². The SMILES string of the molecule is O=C1CCC(=O)O1.O=C1CCO1. The number of rotatable bonds is 0. The molecule has 2 aliphatic rings. The average Bonchev–Trinajstić information content (AvgIpc) is 2.32. The number of carbonyl (C=O) groups excluding carboxylic acids is 3. The number of hydrogen-bond acceptors (Lipinski definition) is 5. The summed E-state index contributed by atoms with van der Waals surface area (Å²) in [5, 5.41) is 0. The van der Waals surface area contributed by atoms with Gasteiger partial charge in [0.1, 0.15) is 6.61 Å². The second-order valence-electron chi connectivity index (χ2n) is 2.32. The third-order valence-corrected chi connectivity index (χ3v) is 1.33. The molecule has 0 amide bonds. The van der Waals surface area contributed by atoms with Crippen molar-refractivity contribution < 1.29 is 23.9 Å². The van der Waals surface area contributed by atoms with Crippen LogP contribution in [0.5, 0.6) is 0 Å². The van der Waals surface area contributed by atoms with E-state index >= 15 is 0 Å². The second-order valence-corrected chi connectivity index (χ2v) is 2.32. The molecule has 0 aliphatic carbocycles. The zero-order valence-electron chi connectivity index (χ0n) is 6.37. The lowest BCUT2D eigenvalue weighted by atomic mass is 10.4. The highest BCUT2D eigenvalue weighted by atomic mass is 16.6. The summed E-state index contributed by atoms with van der Waals surface area (Å²) < 4.78 is 8.38. The Hall–Kier alpha value is -1.39. The number of ether oxygens (including phenoxy) is 2. The number of carbonyl (C=O) groups is 3. The molecule has 0 radical (unpaired) electrons. The maximum atomic E-state index is 10.0. The quantitative estimate of drug-likeness (QED) is 0.373. The molecule has 0 spiro atoms. The van der Waals surface area contributed by atoms with E-state index in [1.165, 1.54) is 0 Å². The second kappa shape index (κ2) is 3.85. The Balaban J connectivity index is 0.000000127.